The SMILES string of the molecule is CN=C(NCc1ccccc1OC(F)(F)F)N1CCN(C(=O)c2ccco2)CC1.I. The number of nitrogens with one attached hydrogen (secondary N) is 1. The molecule has 0 radical (unpaired) electrons. The second-order valence-electron chi connectivity index (χ2n) is 6.31. The van der Waals surface area contributed by atoms with Gasteiger partial charge < -0.3 is 24.3 Å². The summed E-state index contributed by atoms with van der Waals surface area (Å²) in [5.41, 5.74) is 0.359. The number of furan rings is 1. The highest BCUT2D eigenvalue weighted by Gasteiger charge is 2.32. The van der Waals surface area contributed by atoms with Gasteiger partial charge in [-0.2, -0.15) is 0 Å². The summed E-state index contributed by atoms with van der Waals surface area (Å²) in [5.74, 6) is 0.409. The van der Waals surface area contributed by atoms with Gasteiger partial charge in [-0.05, 0) is 18.2 Å². The molecule has 1 saturated heterocycles. The van der Waals surface area contributed by atoms with Gasteiger partial charge in [-0.15, -0.1) is 37.1 Å². The molecule has 0 spiro atoms. The lowest BCUT2D eigenvalue weighted by Gasteiger charge is -2.36. The first-order valence-corrected chi connectivity index (χ1v) is 8.99. The van der Waals surface area contributed by atoms with Crippen molar-refractivity contribution in [2.75, 3.05) is 33.2 Å². The molecular weight excluding hydrogens is 516 g/mol. The maximum atomic E-state index is 12.6. The predicted octanol–water partition coefficient (Wildman–Crippen LogP) is 3.33. The molecule has 1 amide bonds. The Kier molecular flexibility index (Phi) is 8.38. The summed E-state index contributed by atoms with van der Waals surface area (Å²) in [6, 6.07) is 9.23. The first-order chi connectivity index (χ1) is 13.9. The molecule has 2 aromatic rings. The maximum Gasteiger partial charge on any atom is 0.573 e. The van der Waals surface area contributed by atoms with Crippen LogP contribution in [-0.4, -0.2) is 61.3 Å². The fourth-order valence-corrected chi connectivity index (χ4v) is 3.06. The molecule has 1 N–H and O–H groups in total. The van der Waals surface area contributed by atoms with Gasteiger partial charge >= 0.3 is 6.36 Å². The molecule has 1 aromatic carbocycles. The van der Waals surface area contributed by atoms with Crippen LogP contribution in [0, 0.1) is 0 Å². The van der Waals surface area contributed by atoms with Crippen molar-refractivity contribution in [3.05, 3.63) is 54.0 Å². The largest absolute Gasteiger partial charge is 0.573 e. The van der Waals surface area contributed by atoms with Crippen LogP contribution in [0.1, 0.15) is 16.1 Å². The van der Waals surface area contributed by atoms with E-state index in [0.29, 0.717) is 43.5 Å². The van der Waals surface area contributed by atoms with E-state index in [2.05, 4.69) is 15.0 Å². The number of para-hydroxylation sites is 1. The molecule has 30 heavy (non-hydrogen) atoms. The molecule has 0 bridgehead atoms. The summed E-state index contributed by atoms with van der Waals surface area (Å²) in [5, 5.41) is 3.06. The number of ether oxygens (including phenoxy) is 1. The van der Waals surface area contributed by atoms with Crippen molar-refractivity contribution in [3.8, 4) is 5.75 Å². The number of amides is 1. The van der Waals surface area contributed by atoms with Crippen LogP contribution in [0.5, 0.6) is 5.75 Å². The number of benzene rings is 1. The molecule has 0 unspecified atom stereocenters. The summed E-state index contributed by atoms with van der Waals surface area (Å²) in [4.78, 5) is 20.2. The number of hydrogen-bond donors (Lipinski definition) is 1. The Balaban J connectivity index is 0.00000320. The summed E-state index contributed by atoms with van der Waals surface area (Å²) in [6.07, 6.45) is -3.30. The molecule has 0 atom stereocenters. The Hall–Kier alpha value is -2.44. The number of carbonyl (C=O) groups is 1. The molecule has 3 rings (SSSR count). The molecule has 2 heterocycles. The lowest BCUT2D eigenvalue weighted by molar-refractivity contribution is -0.274. The number of piperazine rings is 1. The fraction of sp³-hybridized carbons (Fsp3) is 0.368. The Morgan fingerprint density at radius 3 is 2.40 bits per heavy atom. The number of halogens is 4. The Morgan fingerprint density at radius 1 is 1.13 bits per heavy atom. The molecule has 1 aliphatic heterocycles. The number of rotatable bonds is 4. The number of hydrogen-bond acceptors (Lipinski definition) is 4. The van der Waals surface area contributed by atoms with Crippen molar-refractivity contribution < 1.29 is 27.1 Å². The van der Waals surface area contributed by atoms with E-state index >= 15 is 0 Å². The quantitative estimate of drug-likeness (QED) is 0.368. The predicted molar refractivity (Wildman–Crippen MR) is 115 cm³/mol. The topological polar surface area (TPSA) is 70.3 Å². The van der Waals surface area contributed by atoms with Gasteiger partial charge in [0.25, 0.3) is 5.91 Å². The minimum atomic E-state index is -4.76. The zero-order valence-electron chi connectivity index (χ0n) is 16.2. The minimum absolute atomic E-state index is 0. The van der Waals surface area contributed by atoms with E-state index in [-0.39, 0.29) is 42.2 Å². The molecular formula is C19H22F3IN4O3. The second kappa shape index (κ2) is 10.5. The summed E-state index contributed by atoms with van der Waals surface area (Å²) in [6.45, 7) is 2.14. The number of guanidine groups is 1. The van der Waals surface area contributed by atoms with Crippen molar-refractivity contribution in [1.82, 2.24) is 15.1 Å². The van der Waals surface area contributed by atoms with Crippen LogP contribution in [-0.2, 0) is 6.54 Å². The Morgan fingerprint density at radius 2 is 1.80 bits per heavy atom. The van der Waals surface area contributed by atoms with Crippen molar-refractivity contribution >= 4 is 35.8 Å². The van der Waals surface area contributed by atoms with E-state index in [1.165, 1.54) is 18.4 Å². The lowest BCUT2D eigenvalue weighted by atomic mass is 10.2. The van der Waals surface area contributed by atoms with E-state index in [1.807, 2.05) is 4.90 Å². The molecule has 1 aromatic heterocycles. The van der Waals surface area contributed by atoms with Crippen LogP contribution in [0.2, 0.25) is 0 Å². The van der Waals surface area contributed by atoms with Crippen LogP contribution in [0.4, 0.5) is 13.2 Å². The first kappa shape index (κ1) is 23.8. The highest BCUT2D eigenvalue weighted by molar-refractivity contribution is 14.0. The van der Waals surface area contributed by atoms with Crippen LogP contribution >= 0.6 is 24.0 Å². The molecule has 0 saturated carbocycles. The summed E-state index contributed by atoms with van der Waals surface area (Å²) < 4.78 is 46.9. The monoisotopic (exact) mass is 538 g/mol. The highest BCUT2D eigenvalue weighted by atomic mass is 127. The Labute approximate surface area is 188 Å². The van der Waals surface area contributed by atoms with Gasteiger partial charge in [-0.3, -0.25) is 9.79 Å². The van der Waals surface area contributed by atoms with Crippen LogP contribution < -0.4 is 10.1 Å². The third kappa shape index (κ3) is 6.28. The smallest absolute Gasteiger partial charge is 0.459 e. The molecule has 164 valence electrons. The highest BCUT2D eigenvalue weighted by Crippen LogP contribution is 2.26. The van der Waals surface area contributed by atoms with Gasteiger partial charge in [0.2, 0.25) is 0 Å². The van der Waals surface area contributed by atoms with Crippen LogP contribution in [0.15, 0.2) is 52.1 Å². The molecule has 1 fully saturated rings. The van der Waals surface area contributed by atoms with E-state index in [0.717, 1.165) is 0 Å². The van der Waals surface area contributed by atoms with E-state index in [4.69, 9.17) is 4.42 Å². The standard InChI is InChI=1S/C19H21F3N4O3.HI/c1-23-18(24-13-14-5-2-3-6-15(14)29-19(20,21)22)26-10-8-25(9-11-26)17(27)16-7-4-12-28-16;/h2-7,12H,8-11,13H2,1H3,(H,23,24);1H. The van der Waals surface area contributed by atoms with Gasteiger partial charge in [0.15, 0.2) is 11.7 Å². The van der Waals surface area contributed by atoms with Crippen molar-refractivity contribution in [2.24, 2.45) is 4.99 Å². The zero-order chi connectivity index (χ0) is 20.9. The average Bonchev–Trinajstić information content (AvgIpc) is 3.23. The third-order valence-electron chi connectivity index (χ3n) is 4.45. The van der Waals surface area contributed by atoms with E-state index in [1.54, 1.807) is 36.2 Å². The normalized spacial score (nSPS) is 14.9. The van der Waals surface area contributed by atoms with Crippen LogP contribution in [0.3, 0.4) is 0 Å². The zero-order valence-corrected chi connectivity index (χ0v) is 18.5. The van der Waals surface area contributed by atoms with E-state index < -0.39 is 6.36 Å². The van der Waals surface area contributed by atoms with Gasteiger partial charge in [0.05, 0.1) is 6.26 Å². The minimum Gasteiger partial charge on any atom is -0.459 e. The summed E-state index contributed by atoms with van der Waals surface area (Å²) >= 11 is 0. The maximum absolute atomic E-state index is 12.6. The molecule has 7 nitrogen and oxygen atoms in total. The number of nitrogens with zero attached hydrogens (tertiary/aromatic N) is 3. The van der Waals surface area contributed by atoms with Crippen molar-refractivity contribution in [1.29, 1.82) is 0 Å². The number of alkyl halides is 3. The van der Waals surface area contributed by atoms with Crippen molar-refractivity contribution in [2.45, 2.75) is 12.9 Å². The van der Waals surface area contributed by atoms with Crippen molar-refractivity contribution in [3.63, 3.8) is 0 Å². The third-order valence-corrected chi connectivity index (χ3v) is 4.45. The molecule has 1 aliphatic rings. The lowest BCUT2D eigenvalue weighted by Crippen LogP contribution is -2.53. The molecule has 11 heteroatoms. The first-order valence-electron chi connectivity index (χ1n) is 8.99. The van der Waals surface area contributed by atoms with Gasteiger partial charge in [0, 0.05) is 45.3 Å². The van der Waals surface area contributed by atoms with Crippen LogP contribution in [0.25, 0.3) is 0 Å². The second-order valence-corrected chi connectivity index (χ2v) is 6.31. The van der Waals surface area contributed by atoms with Gasteiger partial charge in [-0.25, -0.2) is 0 Å². The van der Waals surface area contributed by atoms with E-state index in [9.17, 15) is 18.0 Å². The summed E-state index contributed by atoms with van der Waals surface area (Å²) in [7, 11) is 1.60. The fourth-order valence-electron chi connectivity index (χ4n) is 3.06. The average molecular weight is 538 g/mol. The van der Waals surface area contributed by atoms with Gasteiger partial charge in [0.1, 0.15) is 5.75 Å². The Bertz CT molecular complexity index is 851. The number of aliphatic imine (C=N–C) groups is 1. The number of carbonyl (C=O) groups excluding carboxylic acids is 1. The van der Waals surface area contributed by atoms with Gasteiger partial charge in [-0.1, -0.05) is 18.2 Å². The molecule has 0 aliphatic carbocycles.